The zero-order valence-corrected chi connectivity index (χ0v) is 13.5. The van der Waals surface area contributed by atoms with Crippen molar-refractivity contribution in [3.05, 3.63) is 77.6 Å². The number of fused-ring (bicyclic) bond motifs is 1. The third kappa shape index (κ3) is 3.14. The standard InChI is InChI=1S/C19H17N5O/c20-19-21-10-14-11-24(12-17(14)23-19)16-8-4-5-13(9-16)18(25)22-15-6-2-1-3-7-15/h1-10H,11-12H2,(H,22,25)(H2,20,21,23). The zero-order chi connectivity index (χ0) is 17.2. The molecule has 3 N–H and O–H groups in total. The normalized spacial score (nSPS) is 12.7. The van der Waals surface area contributed by atoms with E-state index in [2.05, 4.69) is 20.2 Å². The van der Waals surface area contributed by atoms with Gasteiger partial charge in [-0.3, -0.25) is 4.79 Å². The fourth-order valence-electron chi connectivity index (χ4n) is 2.92. The summed E-state index contributed by atoms with van der Waals surface area (Å²) in [6.45, 7) is 1.37. The number of nitrogen functional groups attached to an aromatic ring is 1. The number of nitrogens with one attached hydrogen (secondary N) is 1. The highest BCUT2D eigenvalue weighted by molar-refractivity contribution is 6.04. The molecule has 25 heavy (non-hydrogen) atoms. The molecule has 1 amide bonds. The van der Waals surface area contributed by atoms with E-state index in [1.54, 1.807) is 6.20 Å². The van der Waals surface area contributed by atoms with Gasteiger partial charge in [-0.05, 0) is 30.3 Å². The number of benzene rings is 2. The Bertz CT molecular complexity index is 926. The van der Waals surface area contributed by atoms with Crippen molar-refractivity contribution in [3.8, 4) is 0 Å². The van der Waals surface area contributed by atoms with Crippen molar-refractivity contribution in [3.63, 3.8) is 0 Å². The predicted octanol–water partition coefficient (Wildman–Crippen LogP) is 2.83. The summed E-state index contributed by atoms with van der Waals surface area (Å²) in [5, 5.41) is 2.90. The van der Waals surface area contributed by atoms with Crippen LogP contribution in [0.4, 0.5) is 17.3 Å². The molecule has 2 aromatic carbocycles. The molecule has 1 aliphatic rings. The number of nitrogens with zero attached hydrogens (tertiary/aromatic N) is 3. The smallest absolute Gasteiger partial charge is 0.255 e. The van der Waals surface area contributed by atoms with Gasteiger partial charge in [-0.1, -0.05) is 24.3 Å². The summed E-state index contributed by atoms with van der Waals surface area (Å²) in [7, 11) is 0. The minimum Gasteiger partial charge on any atom is -0.368 e. The molecule has 6 heteroatoms. The number of rotatable bonds is 3. The van der Waals surface area contributed by atoms with Crippen molar-refractivity contribution in [2.24, 2.45) is 0 Å². The van der Waals surface area contributed by atoms with Gasteiger partial charge in [0.05, 0.1) is 12.2 Å². The monoisotopic (exact) mass is 331 g/mol. The minimum atomic E-state index is -0.131. The summed E-state index contributed by atoms with van der Waals surface area (Å²) in [4.78, 5) is 23.0. The molecule has 1 aliphatic heterocycles. The van der Waals surface area contributed by atoms with Gasteiger partial charge in [-0.25, -0.2) is 9.97 Å². The Morgan fingerprint density at radius 2 is 1.92 bits per heavy atom. The second kappa shape index (κ2) is 6.24. The van der Waals surface area contributed by atoms with Crippen molar-refractivity contribution in [2.75, 3.05) is 16.0 Å². The average Bonchev–Trinajstić information content (AvgIpc) is 3.06. The Kier molecular flexibility index (Phi) is 3.78. The van der Waals surface area contributed by atoms with Gasteiger partial charge in [0.25, 0.3) is 5.91 Å². The Morgan fingerprint density at radius 1 is 1.08 bits per heavy atom. The van der Waals surface area contributed by atoms with Gasteiger partial charge in [0.1, 0.15) is 0 Å². The summed E-state index contributed by atoms with van der Waals surface area (Å²) in [6, 6.07) is 17.0. The van der Waals surface area contributed by atoms with Crippen LogP contribution >= 0.6 is 0 Å². The summed E-state index contributed by atoms with van der Waals surface area (Å²) in [6.07, 6.45) is 1.77. The number of anilines is 3. The van der Waals surface area contributed by atoms with E-state index in [4.69, 9.17) is 5.73 Å². The number of para-hydroxylation sites is 1. The summed E-state index contributed by atoms with van der Waals surface area (Å²) in [5.74, 6) is 0.158. The van der Waals surface area contributed by atoms with Crippen LogP contribution in [0.15, 0.2) is 60.8 Å². The molecule has 0 fully saturated rings. The third-order valence-corrected chi connectivity index (χ3v) is 4.18. The predicted molar refractivity (Wildman–Crippen MR) is 97.2 cm³/mol. The quantitative estimate of drug-likeness (QED) is 0.771. The number of carbonyl (C=O) groups is 1. The minimum absolute atomic E-state index is 0.131. The maximum absolute atomic E-state index is 12.5. The molecule has 0 atom stereocenters. The first-order chi connectivity index (χ1) is 12.2. The van der Waals surface area contributed by atoms with Gasteiger partial charge < -0.3 is 16.0 Å². The lowest BCUT2D eigenvalue weighted by atomic mass is 10.1. The van der Waals surface area contributed by atoms with Gasteiger partial charge in [-0.15, -0.1) is 0 Å². The SMILES string of the molecule is Nc1ncc2c(n1)CN(c1cccc(C(=O)Nc3ccccc3)c1)C2. The molecule has 0 unspecified atom stereocenters. The van der Waals surface area contributed by atoms with Crippen LogP contribution in [0, 0.1) is 0 Å². The van der Waals surface area contributed by atoms with E-state index in [-0.39, 0.29) is 11.9 Å². The van der Waals surface area contributed by atoms with Crippen LogP contribution in [0.2, 0.25) is 0 Å². The van der Waals surface area contributed by atoms with Gasteiger partial charge in [-0.2, -0.15) is 0 Å². The van der Waals surface area contributed by atoms with Crippen LogP contribution in [-0.2, 0) is 13.1 Å². The van der Waals surface area contributed by atoms with E-state index < -0.39 is 0 Å². The fourth-order valence-corrected chi connectivity index (χ4v) is 2.92. The number of hydrogen-bond acceptors (Lipinski definition) is 5. The van der Waals surface area contributed by atoms with Crippen molar-refractivity contribution in [1.82, 2.24) is 9.97 Å². The van der Waals surface area contributed by atoms with E-state index in [0.29, 0.717) is 18.7 Å². The zero-order valence-electron chi connectivity index (χ0n) is 13.5. The highest BCUT2D eigenvalue weighted by Crippen LogP contribution is 2.27. The van der Waals surface area contributed by atoms with Crippen LogP contribution in [0.1, 0.15) is 21.6 Å². The van der Waals surface area contributed by atoms with E-state index >= 15 is 0 Å². The van der Waals surface area contributed by atoms with Crippen molar-refractivity contribution in [2.45, 2.75) is 13.1 Å². The molecule has 0 aliphatic carbocycles. The molecule has 0 saturated heterocycles. The summed E-state index contributed by atoms with van der Waals surface area (Å²) in [5.41, 5.74) is 10.0. The maximum Gasteiger partial charge on any atom is 0.255 e. The Labute approximate surface area is 145 Å². The molecular formula is C19H17N5O. The van der Waals surface area contributed by atoms with Gasteiger partial charge in [0.15, 0.2) is 0 Å². The van der Waals surface area contributed by atoms with Crippen molar-refractivity contribution in [1.29, 1.82) is 0 Å². The summed E-state index contributed by atoms with van der Waals surface area (Å²) < 4.78 is 0. The molecule has 0 bridgehead atoms. The first-order valence-electron chi connectivity index (χ1n) is 8.01. The Balaban J connectivity index is 1.53. The largest absolute Gasteiger partial charge is 0.368 e. The van der Waals surface area contributed by atoms with Crippen LogP contribution in [0.25, 0.3) is 0 Å². The van der Waals surface area contributed by atoms with E-state index in [0.717, 1.165) is 22.6 Å². The maximum atomic E-state index is 12.5. The van der Waals surface area contributed by atoms with Gasteiger partial charge >= 0.3 is 0 Å². The van der Waals surface area contributed by atoms with Crippen molar-refractivity contribution < 1.29 is 4.79 Å². The van der Waals surface area contributed by atoms with E-state index in [1.807, 2.05) is 54.6 Å². The number of aromatic nitrogens is 2. The van der Waals surface area contributed by atoms with E-state index in [1.165, 1.54) is 0 Å². The third-order valence-electron chi connectivity index (χ3n) is 4.18. The van der Waals surface area contributed by atoms with Gasteiger partial charge in [0, 0.05) is 35.2 Å². The second-order valence-corrected chi connectivity index (χ2v) is 5.93. The lowest BCUT2D eigenvalue weighted by Crippen LogP contribution is -2.16. The fraction of sp³-hybridized carbons (Fsp3) is 0.105. The molecule has 0 saturated carbocycles. The highest BCUT2D eigenvalue weighted by Gasteiger charge is 2.22. The van der Waals surface area contributed by atoms with Gasteiger partial charge in [0.2, 0.25) is 5.95 Å². The van der Waals surface area contributed by atoms with Crippen molar-refractivity contribution >= 4 is 23.2 Å². The number of hydrogen-bond donors (Lipinski definition) is 2. The average molecular weight is 331 g/mol. The molecular weight excluding hydrogens is 314 g/mol. The highest BCUT2D eigenvalue weighted by atomic mass is 16.1. The number of nitrogens with two attached hydrogens (primary N) is 1. The molecule has 3 aromatic rings. The Morgan fingerprint density at radius 3 is 2.76 bits per heavy atom. The molecule has 124 valence electrons. The van der Waals surface area contributed by atoms with E-state index in [9.17, 15) is 4.79 Å². The molecule has 1 aromatic heterocycles. The molecule has 6 nitrogen and oxygen atoms in total. The van der Waals surface area contributed by atoms with Crippen LogP contribution in [0.3, 0.4) is 0 Å². The first-order valence-corrected chi connectivity index (χ1v) is 8.01. The second-order valence-electron chi connectivity index (χ2n) is 5.93. The molecule has 4 rings (SSSR count). The number of carbonyl (C=O) groups excluding carboxylic acids is 1. The topological polar surface area (TPSA) is 84.1 Å². The summed E-state index contributed by atoms with van der Waals surface area (Å²) >= 11 is 0. The van der Waals surface area contributed by atoms with Crippen LogP contribution < -0.4 is 16.0 Å². The molecule has 0 radical (unpaired) electrons. The first kappa shape index (κ1) is 15.1. The lowest BCUT2D eigenvalue weighted by molar-refractivity contribution is 0.102. The van der Waals surface area contributed by atoms with Crippen LogP contribution in [0.5, 0.6) is 0 Å². The lowest BCUT2D eigenvalue weighted by Gasteiger charge is -2.18. The number of amides is 1. The molecule has 0 spiro atoms. The Hall–Kier alpha value is -3.41. The molecule has 2 heterocycles. The van der Waals surface area contributed by atoms with Crippen LogP contribution in [-0.4, -0.2) is 15.9 Å².